The van der Waals surface area contributed by atoms with Gasteiger partial charge in [-0.2, -0.15) is 13.2 Å². The number of ether oxygens (including phenoxy) is 1. The average molecular weight is 427 g/mol. The van der Waals surface area contributed by atoms with E-state index < -0.39 is 46.4 Å². The molecule has 0 aliphatic heterocycles. The smallest absolute Gasteiger partial charge is 0.405 e. The van der Waals surface area contributed by atoms with Crippen LogP contribution in [0, 0.1) is 0 Å². The maximum Gasteiger partial charge on any atom is 0.573 e. The van der Waals surface area contributed by atoms with Gasteiger partial charge < -0.3 is 15.0 Å². The summed E-state index contributed by atoms with van der Waals surface area (Å²) in [6.45, 7) is -0.307. The number of para-hydroxylation sites is 1. The topological polar surface area (TPSA) is 84.1 Å². The highest BCUT2D eigenvalue weighted by molar-refractivity contribution is 7.99. The lowest BCUT2D eigenvalue weighted by Crippen LogP contribution is -2.26. The van der Waals surface area contributed by atoms with E-state index in [4.69, 9.17) is 0 Å². The minimum atomic E-state index is -4.91. The second kappa shape index (κ2) is 8.54. The maximum absolute atomic E-state index is 12.6. The zero-order valence-electron chi connectivity index (χ0n) is 13.6. The number of alkyl halides is 6. The first-order valence-corrected chi connectivity index (χ1v) is 8.34. The van der Waals surface area contributed by atoms with E-state index in [1.165, 1.54) is 18.2 Å². The van der Waals surface area contributed by atoms with Crippen molar-refractivity contribution in [3.63, 3.8) is 0 Å². The number of carbonyl (C=O) groups excluding carboxylic acids is 1. The summed E-state index contributed by atoms with van der Waals surface area (Å²) in [5.41, 5.74) is -2.40. The van der Waals surface area contributed by atoms with Crippen molar-refractivity contribution in [1.82, 2.24) is 15.3 Å². The number of rotatable bonds is 6. The van der Waals surface area contributed by atoms with Crippen LogP contribution in [0.1, 0.15) is 11.3 Å². The third-order valence-electron chi connectivity index (χ3n) is 3.02. The van der Waals surface area contributed by atoms with Gasteiger partial charge in [-0.1, -0.05) is 30.0 Å². The zero-order chi connectivity index (χ0) is 20.9. The van der Waals surface area contributed by atoms with Gasteiger partial charge in [-0.3, -0.25) is 9.59 Å². The summed E-state index contributed by atoms with van der Waals surface area (Å²) in [4.78, 5) is 28.3. The molecule has 1 heterocycles. The predicted molar refractivity (Wildman–Crippen MR) is 85.6 cm³/mol. The minimum absolute atomic E-state index is 0.0452. The molecule has 13 heteroatoms. The molecule has 1 aromatic heterocycles. The first-order chi connectivity index (χ1) is 12.9. The average Bonchev–Trinajstić information content (AvgIpc) is 2.56. The molecule has 1 aromatic carbocycles. The summed E-state index contributed by atoms with van der Waals surface area (Å²) in [5, 5.41) is 1.89. The van der Waals surface area contributed by atoms with Gasteiger partial charge in [0.15, 0.2) is 10.9 Å². The van der Waals surface area contributed by atoms with Crippen LogP contribution in [0.2, 0.25) is 0 Å². The Bertz CT molecular complexity index is 898. The molecule has 0 saturated heterocycles. The third-order valence-corrected chi connectivity index (χ3v) is 3.90. The first kappa shape index (κ1) is 21.6. The van der Waals surface area contributed by atoms with Gasteiger partial charge in [-0.25, -0.2) is 4.98 Å². The van der Waals surface area contributed by atoms with Crippen LogP contribution in [-0.2, 0) is 17.5 Å². The summed E-state index contributed by atoms with van der Waals surface area (Å²) >= 11 is 0.532. The molecule has 0 aliphatic carbocycles. The normalized spacial score (nSPS) is 11.9. The number of aromatic amines is 1. The van der Waals surface area contributed by atoms with Crippen LogP contribution in [-0.4, -0.2) is 28.0 Å². The predicted octanol–water partition coefficient (Wildman–Crippen LogP) is 3.10. The van der Waals surface area contributed by atoms with Gasteiger partial charge in [-0.05, 0) is 6.07 Å². The molecule has 2 N–H and O–H groups in total. The van der Waals surface area contributed by atoms with Gasteiger partial charge >= 0.3 is 12.5 Å². The van der Waals surface area contributed by atoms with Gasteiger partial charge in [0.2, 0.25) is 5.91 Å². The SMILES string of the molecule is O=C(CSc1nc(C(F)(F)F)cc(=O)[nH]1)NCc1ccccc1OC(F)(F)F. The molecule has 0 bridgehead atoms. The molecule has 152 valence electrons. The molecule has 1 amide bonds. The molecular formula is C15H11F6N3O3S. The quantitative estimate of drug-likeness (QED) is 0.421. The fraction of sp³-hybridized carbons (Fsp3) is 0.267. The number of nitrogens with one attached hydrogen (secondary N) is 2. The van der Waals surface area contributed by atoms with Gasteiger partial charge in [0.05, 0.1) is 5.75 Å². The molecule has 2 rings (SSSR count). The van der Waals surface area contributed by atoms with Gasteiger partial charge in [0.25, 0.3) is 5.56 Å². The molecular weight excluding hydrogens is 416 g/mol. The Morgan fingerprint density at radius 2 is 1.86 bits per heavy atom. The van der Waals surface area contributed by atoms with Crippen molar-refractivity contribution in [2.24, 2.45) is 0 Å². The number of aromatic nitrogens is 2. The van der Waals surface area contributed by atoms with Gasteiger partial charge in [0.1, 0.15) is 5.75 Å². The van der Waals surface area contributed by atoms with Crippen LogP contribution in [0.3, 0.4) is 0 Å². The van der Waals surface area contributed by atoms with Crippen molar-refractivity contribution in [1.29, 1.82) is 0 Å². The number of nitrogens with zero attached hydrogens (tertiary/aromatic N) is 1. The third kappa shape index (κ3) is 6.79. The number of amides is 1. The highest BCUT2D eigenvalue weighted by atomic mass is 32.2. The second-order valence-electron chi connectivity index (χ2n) is 5.15. The van der Waals surface area contributed by atoms with Crippen molar-refractivity contribution < 1.29 is 35.9 Å². The fourth-order valence-electron chi connectivity index (χ4n) is 1.90. The number of thioether (sulfide) groups is 1. The first-order valence-electron chi connectivity index (χ1n) is 7.36. The van der Waals surface area contributed by atoms with Gasteiger partial charge in [-0.15, -0.1) is 13.2 Å². The lowest BCUT2D eigenvalue weighted by atomic mass is 10.2. The van der Waals surface area contributed by atoms with E-state index in [2.05, 4.69) is 20.0 Å². The van der Waals surface area contributed by atoms with Crippen LogP contribution in [0.25, 0.3) is 0 Å². The van der Waals surface area contributed by atoms with E-state index in [0.29, 0.717) is 11.8 Å². The number of benzene rings is 1. The number of hydrogen-bond donors (Lipinski definition) is 2. The summed E-state index contributed by atoms with van der Waals surface area (Å²) in [5.74, 6) is -1.62. The summed E-state index contributed by atoms with van der Waals surface area (Å²) in [6, 6.07) is 5.41. The summed E-state index contributed by atoms with van der Waals surface area (Å²) in [6.07, 6.45) is -9.73. The molecule has 2 aromatic rings. The molecule has 6 nitrogen and oxygen atoms in total. The summed E-state index contributed by atoms with van der Waals surface area (Å²) in [7, 11) is 0. The number of H-pyrrole nitrogens is 1. The standard InChI is InChI=1S/C15H11F6N3O3S/c16-14(17,18)10-5-11(25)24-13(23-10)28-7-12(26)22-6-8-3-1-2-4-9(8)27-15(19,20)21/h1-5H,6-7H2,(H,22,26)(H,23,24,25). The second-order valence-corrected chi connectivity index (χ2v) is 6.12. The Morgan fingerprint density at radius 3 is 2.50 bits per heavy atom. The Hall–Kier alpha value is -2.70. The highest BCUT2D eigenvalue weighted by Crippen LogP contribution is 2.28. The largest absolute Gasteiger partial charge is 0.573 e. The van der Waals surface area contributed by atoms with Crippen molar-refractivity contribution in [3.8, 4) is 5.75 Å². The highest BCUT2D eigenvalue weighted by Gasteiger charge is 2.33. The zero-order valence-corrected chi connectivity index (χ0v) is 14.5. The van der Waals surface area contributed by atoms with E-state index in [0.717, 1.165) is 6.07 Å². The lowest BCUT2D eigenvalue weighted by molar-refractivity contribution is -0.274. The molecule has 0 saturated carbocycles. The van der Waals surface area contributed by atoms with Crippen molar-refractivity contribution in [2.75, 3.05) is 5.75 Å². The Kier molecular flexibility index (Phi) is 6.59. The molecule has 28 heavy (non-hydrogen) atoms. The van der Waals surface area contributed by atoms with Crippen LogP contribution < -0.4 is 15.6 Å². The van der Waals surface area contributed by atoms with E-state index >= 15 is 0 Å². The van der Waals surface area contributed by atoms with E-state index in [1.807, 2.05) is 0 Å². The van der Waals surface area contributed by atoms with Crippen LogP contribution in [0.4, 0.5) is 26.3 Å². The Morgan fingerprint density at radius 1 is 1.18 bits per heavy atom. The number of halogens is 6. The lowest BCUT2D eigenvalue weighted by Gasteiger charge is -2.13. The van der Waals surface area contributed by atoms with Crippen LogP contribution in [0.15, 0.2) is 40.3 Å². The molecule has 0 radical (unpaired) electrons. The van der Waals surface area contributed by atoms with E-state index in [1.54, 1.807) is 0 Å². The van der Waals surface area contributed by atoms with Crippen molar-refractivity contribution in [2.45, 2.75) is 24.2 Å². The van der Waals surface area contributed by atoms with Crippen LogP contribution in [0.5, 0.6) is 5.75 Å². The molecule has 0 aliphatic rings. The number of hydrogen-bond acceptors (Lipinski definition) is 5. The maximum atomic E-state index is 12.6. The van der Waals surface area contributed by atoms with Crippen LogP contribution >= 0.6 is 11.8 Å². The fourth-order valence-corrected chi connectivity index (χ4v) is 2.61. The monoisotopic (exact) mass is 427 g/mol. The summed E-state index contributed by atoms with van der Waals surface area (Å²) < 4.78 is 78.7. The molecule has 0 spiro atoms. The van der Waals surface area contributed by atoms with E-state index in [-0.39, 0.29) is 18.2 Å². The van der Waals surface area contributed by atoms with Crippen molar-refractivity contribution in [3.05, 3.63) is 51.9 Å². The Balaban J connectivity index is 1.96. The van der Waals surface area contributed by atoms with E-state index in [9.17, 15) is 35.9 Å². The minimum Gasteiger partial charge on any atom is -0.405 e. The van der Waals surface area contributed by atoms with Crippen molar-refractivity contribution >= 4 is 17.7 Å². The van der Waals surface area contributed by atoms with Gasteiger partial charge in [0, 0.05) is 18.2 Å². The number of carbonyl (C=O) groups is 1. The molecule has 0 atom stereocenters. The Labute approximate surface area is 157 Å². The molecule has 0 fully saturated rings. The molecule has 0 unspecified atom stereocenters.